The van der Waals surface area contributed by atoms with Crippen LogP contribution in [0.3, 0.4) is 0 Å². The van der Waals surface area contributed by atoms with Crippen molar-refractivity contribution in [1.82, 2.24) is 10.2 Å². The van der Waals surface area contributed by atoms with Crippen molar-refractivity contribution in [2.24, 2.45) is 0 Å². The van der Waals surface area contributed by atoms with E-state index >= 15 is 0 Å². The van der Waals surface area contributed by atoms with E-state index in [4.69, 9.17) is 0 Å². The van der Waals surface area contributed by atoms with Gasteiger partial charge in [0.05, 0.1) is 13.5 Å². The number of imide groups is 1. The number of halogens is 2. The fraction of sp³-hybridized carbons (Fsp3) is 0.357. The van der Waals surface area contributed by atoms with Crippen LogP contribution in [0.5, 0.6) is 0 Å². The van der Waals surface area contributed by atoms with Crippen molar-refractivity contribution in [3.05, 3.63) is 35.4 Å². The Labute approximate surface area is 125 Å². The van der Waals surface area contributed by atoms with Crippen LogP contribution in [0.15, 0.2) is 18.2 Å². The topological polar surface area (TPSA) is 75.7 Å². The predicted octanol–water partition coefficient (Wildman–Crippen LogP) is 1.29. The van der Waals surface area contributed by atoms with E-state index in [1.54, 1.807) is 0 Å². The molecule has 1 aromatic rings. The monoisotopic (exact) mass is 312 g/mol. The van der Waals surface area contributed by atoms with Crippen molar-refractivity contribution < 1.29 is 27.9 Å². The fourth-order valence-electron chi connectivity index (χ4n) is 2.27. The number of carbonyl (C=O) groups is 3. The van der Waals surface area contributed by atoms with Gasteiger partial charge < -0.3 is 10.1 Å². The van der Waals surface area contributed by atoms with E-state index in [1.807, 2.05) is 0 Å². The normalized spacial score (nSPS) is 21.0. The molecule has 1 aromatic carbocycles. The molecule has 0 bridgehead atoms. The molecule has 0 saturated carbocycles. The number of carbonyl (C=O) groups excluding carboxylic acids is 3. The third-order valence-electron chi connectivity index (χ3n) is 3.51. The molecule has 0 spiro atoms. The molecule has 8 heteroatoms. The zero-order chi connectivity index (χ0) is 16.5. The molecule has 0 unspecified atom stereocenters. The summed E-state index contributed by atoms with van der Waals surface area (Å²) >= 11 is 0. The van der Waals surface area contributed by atoms with Crippen LogP contribution in [-0.2, 0) is 19.9 Å². The molecule has 1 atom stereocenters. The van der Waals surface area contributed by atoms with Gasteiger partial charge >= 0.3 is 12.0 Å². The highest BCUT2D eigenvalue weighted by Crippen LogP contribution is 2.31. The molecule has 1 fully saturated rings. The number of amides is 3. The Bertz CT molecular complexity index is 650. The smallest absolute Gasteiger partial charge is 0.325 e. The highest BCUT2D eigenvalue weighted by molar-refractivity contribution is 6.07. The number of methoxy groups -OCH3 is 1. The van der Waals surface area contributed by atoms with Gasteiger partial charge in [-0.15, -0.1) is 0 Å². The largest absolute Gasteiger partial charge is 0.469 e. The highest BCUT2D eigenvalue weighted by Gasteiger charge is 2.50. The van der Waals surface area contributed by atoms with Gasteiger partial charge in [-0.25, -0.2) is 13.6 Å². The van der Waals surface area contributed by atoms with Crippen LogP contribution < -0.4 is 5.32 Å². The maximum Gasteiger partial charge on any atom is 0.325 e. The van der Waals surface area contributed by atoms with Gasteiger partial charge in [-0.05, 0) is 25.1 Å². The summed E-state index contributed by atoms with van der Waals surface area (Å²) in [6.45, 7) is 1.08. The SMILES string of the molecule is COC(=O)CCN1C(=O)N[C@](C)(c2cc(F)ccc2F)C1=O. The lowest BCUT2D eigenvalue weighted by atomic mass is 9.91. The van der Waals surface area contributed by atoms with Gasteiger partial charge in [0.25, 0.3) is 5.91 Å². The molecule has 0 aromatic heterocycles. The van der Waals surface area contributed by atoms with Crippen molar-refractivity contribution in [2.75, 3.05) is 13.7 Å². The first-order chi connectivity index (χ1) is 10.3. The molecule has 6 nitrogen and oxygen atoms in total. The van der Waals surface area contributed by atoms with Gasteiger partial charge in [0, 0.05) is 12.1 Å². The summed E-state index contributed by atoms with van der Waals surface area (Å²) in [6.07, 6.45) is -0.183. The number of hydrogen-bond donors (Lipinski definition) is 1. The van der Waals surface area contributed by atoms with Crippen molar-refractivity contribution in [2.45, 2.75) is 18.9 Å². The van der Waals surface area contributed by atoms with E-state index < -0.39 is 35.1 Å². The summed E-state index contributed by atoms with van der Waals surface area (Å²) in [5.74, 6) is -2.89. The zero-order valence-electron chi connectivity index (χ0n) is 12.0. The Morgan fingerprint density at radius 3 is 2.68 bits per heavy atom. The Kier molecular flexibility index (Phi) is 4.11. The van der Waals surface area contributed by atoms with E-state index in [0.29, 0.717) is 0 Å². The molecular formula is C14H14F2N2O4. The average Bonchev–Trinajstić information content (AvgIpc) is 2.70. The summed E-state index contributed by atoms with van der Waals surface area (Å²) in [5, 5.41) is 2.33. The van der Waals surface area contributed by atoms with Gasteiger partial charge in [0.1, 0.15) is 17.2 Å². The van der Waals surface area contributed by atoms with E-state index in [9.17, 15) is 23.2 Å². The number of esters is 1. The quantitative estimate of drug-likeness (QED) is 0.671. The van der Waals surface area contributed by atoms with Crippen molar-refractivity contribution in [1.29, 1.82) is 0 Å². The van der Waals surface area contributed by atoms with Crippen molar-refractivity contribution >= 4 is 17.9 Å². The molecule has 118 valence electrons. The summed E-state index contributed by atoms with van der Waals surface area (Å²) in [4.78, 5) is 36.2. The first kappa shape index (κ1) is 15.9. The lowest BCUT2D eigenvalue weighted by Crippen LogP contribution is -2.42. The van der Waals surface area contributed by atoms with Crippen LogP contribution in [0.25, 0.3) is 0 Å². The van der Waals surface area contributed by atoms with Crippen LogP contribution >= 0.6 is 0 Å². The van der Waals surface area contributed by atoms with Gasteiger partial charge in [-0.2, -0.15) is 0 Å². The number of rotatable bonds is 4. The van der Waals surface area contributed by atoms with E-state index in [-0.39, 0.29) is 18.5 Å². The first-order valence-electron chi connectivity index (χ1n) is 6.46. The maximum atomic E-state index is 13.9. The molecule has 1 heterocycles. The lowest BCUT2D eigenvalue weighted by molar-refractivity contribution is -0.141. The molecule has 1 aliphatic heterocycles. The summed E-state index contributed by atoms with van der Waals surface area (Å²) < 4.78 is 31.7. The Morgan fingerprint density at radius 1 is 1.36 bits per heavy atom. The maximum absolute atomic E-state index is 13.9. The Balaban J connectivity index is 2.29. The second kappa shape index (κ2) is 5.70. The Morgan fingerprint density at radius 2 is 2.05 bits per heavy atom. The number of benzene rings is 1. The van der Waals surface area contributed by atoms with E-state index in [2.05, 4.69) is 10.1 Å². The number of nitrogens with zero attached hydrogens (tertiary/aromatic N) is 1. The minimum absolute atomic E-state index is 0.183. The number of hydrogen-bond acceptors (Lipinski definition) is 4. The molecule has 2 rings (SSSR count). The molecule has 1 aliphatic rings. The number of nitrogens with one attached hydrogen (secondary N) is 1. The van der Waals surface area contributed by atoms with Crippen molar-refractivity contribution in [3.8, 4) is 0 Å². The molecule has 3 amide bonds. The molecule has 22 heavy (non-hydrogen) atoms. The van der Waals surface area contributed by atoms with Crippen LogP contribution in [0.4, 0.5) is 13.6 Å². The third-order valence-corrected chi connectivity index (χ3v) is 3.51. The average molecular weight is 312 g/mol. The molecular weight excluding hydrogens is 298 g/mol. The van der Waals surface area contributed by atoms with Crippen molar-refractivity contribution in [3.63, 3.8) is 0 Å². The highest BCUT2D eigenvalue weighted by atomic mass is 19.1. The summed E-state index contributed by atoms with van der Waals surface area (Å²) in [5.41, 5.74) is -1.99. The third kappa shape index (κ3) is 2.63. The van der Waals surface area contributed by atoms with Crippen LogP contribution in [0.1, 0.15) is 18.9 Å². The second-order valence-corrected chi connectivity index (χ2v) is 4.96. The minimum atomic E-state index is -1.72. The van der Waals surface area contributed by atoms with Crippen LogP contribution in [0.2, 0.25) is 0 Å². The van der Waals surface area contributed by atoms with E-state index in [0.717, 1.165) is 23.1 Å². The summed E-state index contributed by atoms with van der Waals surface area (Å²) in [7, 11) is 1.18. The lowest BCUT2D eigenvalue weighted by Gasteiger charge is -2.22. The van der Waals surface area contributed by atoms with E-state index in [1.165, 1.54) is 14.0 Å². The van der Waals surface area contributed by atoms with Gasteiger partial charge in [0.2, 0.25) is 0 Å². The molecule has 1 N–H and O–H groups in total. The van der Waals surface area contributed by atoms with Gasteiger partial charge in [0.15, 0.2) is 0 Å². The Hall–Kier alpha value is -2.51. The van der Waals surface area contributed by atoms with Gasteiger partial charge in [-0.3, -0.25) is 14.5 Å². The minimum Gasteiger partial charge on any atom is -0.469 e. The van der Waals surface area contributed by atoms with Crippen LogP contribution in [0, 0.1) is 11.6 Å². The standard InChI is InChI=1S/C14H14F2N2O4/c1-14(9-7-8(15)3-4-10(9)16)12(20)18(13(21)17-14)6-5-11(19)22-2/h3-4,7H,5-6H2,1-2H3,(H,17,21)/t14-/m1/s1. The number of ether oxygens (including phenoxy) is 1. The number of urea groups is 1. The molecule has 0 aliphatic carbocycles. The second-order valence-electron chi connectivity index (χ2n) is 4.96. The predicted molar refractivity (Wildman–Crippen MR) is 70.6 cm³/mol. The summed E-state index contributed by atoms with van der Waals surface area (Å²) in [6, 6.07) is 1.88. The van der Waals surface area contributed by atoms with Crippen LogP contribution in [-0.4, -0.2) is 36.5 Å². The fourth-order valence-corrected chi connectivity index (χ4v) is 2.27. The van der Waals surface area contributed by atoms with Gasteiger partial charge in [-0.1, -0.05) is 0 Å². The molecule has 1 saturated heterocycles. The molecule has 0 radical (unpaired) electrons. The zero-order valence-corrected chi connectivity index (χ0v) is 12.0. The first-order valence-corrected chi connectivity index (χ1v) is 6.46.